The van der Waals surface area contributed by atoms with Crippen LogP contribution in [0.2, 0.25) is 0 Å². The number of aromatic nitrogens is 4. The van der Waals surface area contributed by atoms with E-state index in [0.29, 0.717) is 11.8 Å². The first-order valence-corrected chi connectivity index (χ1v) is 5.18. The predicted octanol–water partition coefficient (Wildman–Crippen LogP) is 0.890. The van der Waals surface area contributed by atoms with Crippen molar-refractivity contribution in [1.82, 2.24) is 19.9 Å². The molecule has 6 nitrogen and oxygen atoms in total. The van der Waals surface area contributed by atoms with Crippen molar-refractivity contribution in [1.29, 1.82) is 0 Å². The summed E-state index contributed by atoms with van der Waals surface area (Å²) < 4.78 is 0. The Morgan fingerprint density at radius 2 is 1.94 bits per heavy atom. The normalized spacial score (nSPS) is 10.3. The third-order valence-corrected chi connectivity index (χ3v) is 2.20. The van der Waals surface area contributed by atoms with Gasteiger partial charge in [-0.25, -0.2) is 0 Å². The van der Waals surface area contributed by atoms with Gasteiger partial charge in [0.05, 0.1) is 0 Å². The lowest BCUT2D eigenvalue weighted by atomic mass is 10.2. The first-order chi connectivity index (χ1) is 8.06. The van der Waals surface area contributed by atoms with Crippen LogP contribution in [-0.4, -0.2) is 34.0 Å². The number of anilines is 2. The molecule has 0 aromatic carbocycles. The summed E-state index contributed by atoms with van der Waals surface area (Å²) in [7, 11) is 3.71. The molecule has 88 valence electrons. The Hall–Kier alpha value is -2.24. The molecule has 0 saturated carbocycles. The van der Waals surface area contributed by atoms with Crippen LogP contribution in [0, 0.1) is 6.92 Å². The molecule has 0 saturated heterocycles. The van der Waals surface area contributed by atoms with Crippen LogP contribution in [0.25, 0.3) is 11.4 Å². The van der Waals surface area contributed by atoms with Crippen molar-refractivity contribution in [2.24, 2.45) is 0 Å². The third kappa shape index (κ3) is 2.47. The minimum atomic E-state index is 0.216. The molecule has 0 spiro atoms. The van der Waals surface area contributed by atoms with Crippen LogP contribution < -0.4 is 10.6 Å². The molecule has 0 amide bonds. The van der Waals surface area contributed by atoms with E-state index in [-0.39, 0.29) is 5.95 Å². The quantitative estimate of drug-likeness (QED) is 0.825. The van der Waals surface area contributed by atoms with Gasteiger partial charge in [0.25, 0.3) is 0 Å². The highest BCUT2D eigenvalue weighted by atomic mass is 15.3. The van der Waals surface area contributed by atoms with Crippen molar-refractivity contribution >= 4 is 11.9 Å². The Labute approximate surface area is 99.6 Å². The van der Waals surface area contributed by atoms with Gasteiger partial charge in [-0.1, -0.05) is 0 Å². The Morgan fingerprint density at radius 1 is 1.18 bits per heavy atom. The van der Waals surface area contributed by atoms with Crippen molar-refractivity contribution in [3.05, 3.63) is 24.0 Å². The maximum atomic E-state index is 5.67. The van der Waals surface area contributed by atoms with Crippen LogP contribution in [-0.2, 0) is 0 Å². The second kappa shape index (κ2) is 4.32. The van der Waals surface area contributed by atoms with E-state index in [1.807, 2.05) is 33.2 Å². The lowest BCUT2D eigenvalue weighted by Crippen LogP contribution is -2.15. The van der Waals surface area contributed by atoms with Gasteiger partial charge in [0.15, 0.2) is 5.82 Å². The van der Waals surface area contributed by atoms with Crippen LogP contribution in [0.1, 0.15) is 5.69 Å². The highest BCUT2D eigenvalue weighted by Gasteiger charge is 2.08. The highest BCUT2D eigenvalue weighted by molar-refractivity contribution is 5.57. The summed E-state index contributed by atoms with van der Waals surface area (Å²) >= 11 is 0. The van der Waals surface area contributed by atoms with Crippen LogP contribution in [0.4, 0.5) is 11.9 Å². The molecule has 0 aliphatic rings. The average Bonchev–Trinajstić information content (AvgIpc) is 2.28. The lowest BCUT2D eigenvalue weighted by molar-refractivity contribution is 0.969. The maximum absolute atomic E-state index is 5.67. The summed E-state index contributed by atoms with van der Waals surface area (Å²) in [6, 6.07) is 3.76. The fourth-order valence-corrected chi connectivity index (χ4v) is 1.39. The van der Waals surface area contributed by atoms with E-state index in [1.54, 1.807) is 11.1 Å². The van der Waals surface area contributed by atoms with Crippen LogP contribution in [0.15, 0.2) is 18.3 Å². The van der Waals surface area contributed by atoms with Gasteiger partial charge in [0, 0.05) is 31.5 Å². The number of aryl methyl sites for hydroxylation is 1. The van der Waals surface area contributed by atoms with E-state index in [0.717, 1.165) is 11.3 Å². The predicted molar refractivity (Wildman–Crippen MR) is 66.5 cm³/mol. The molecule has 2 heterocycles. The first-order valence-electron chi connectivity index (χ1n) is 5.18. The smallest absolute Gasteiger partial charge is 0.230 e. The van der Waals surface area contributed by atoms with Crippen molar-refractivity contribution in [3.8, 4) is 11.4 Å². The molecule has 0 aliphatic heterocycles. The van der Waals surface area contributed by atoms with Gasteiger partial charge in [0.1, 0.15) is 0 Å². The first kappa shape index (κ1) is 11.3. The molecular weight excluding hydrogens is 216 g/mol. The third-order valence-electron chi connectivity index (χ3n) is 2.20. The molecule has 0 aliphatic carbocycles. The van der Waals surface area contributed by atoms with Gasteiger partial charge >= 0.3 is 0 Å². The summed E-state index contributed by atoms with van der Waals surface area (Å²) in [5.74, 6) is 1.32. The minimum Gasteiger partial charge on any atom is -0.368 e. The topological polar surface area (TPSA) is 80.8 Å². The zero-order chi connectivity index (χ0) is 12.4. The Kier molecular flexibility index (Phi) is 2.86. The van der Waals surface area contributed by atoms with Crippen LogP contribution in [0.5, 0.6) is 0 Å². The molecule has 2 N–H and O–H groups in total. The summed E-state index contributed by atoms with van der Waals surface area (Å²) in [4.78, 5) is 18.4. The fraction of sp³-hybridized carbons (Fsp3) is 0.273. The Bertz CT molecular complexity index is 537. The highest BCUT2D eigenvalue weighted by Crippen LogP contribution is 2.17. The number of nitrogens with zero attached hydrogens (tertiary/aromatic N) is 5. The lowest BCUT2D eigenvalue weighted by Gasteiger charge is -2.11. The second-order valence-electron chi connectivity index (χ2n) is 3.90. The molecule has 0 unspecified atom stereocenters. The van der Waals surface area contributed by atoms with Crippen LogP contribution >= 0.6 is 0 Å². The van der Waals surface area contributed by atoms with Gasteiger partial charge in [-0.15, -0.1) is 0 Å². The van der Waals surface area contributed by atoms with Gasteiger partial charge in [-0.3, -0.25) is 4.98 Å². The summed E-state index contributed by atoms with van der Waals surface area (Å²) in [6.45, 7) is 1.92. The molecule has 17 heavy (non-hydrogen) atoms. The minimum absolute atomic E-state index is 0.216. The van der Waals surface area contributed by atoms with E-state index in [9.17, 15) is 0 Å². The maximum Gasteiger partial charge on any atom is 0.230 e. The average molecular weight is 230 g/mol. The van der Waals surface area contributed by atoms with Crippen molar-refractivity contribution in [3.63, 3.8) is 0 Å². The molecule has 0 radical (unpaired) electrons. The standard InChI is InChI=1S/C11H14N6/c1-7-6-8(4-5-13-7)9-14-10(12)16-11(15-9)17(2)3/h4-6H,1-3H3,(H2,12,14,15,16). The van der Waals surface area contributed by atoms with Crippen molar-refractivity contribution < 1.29 is 0 Å². The zero-order valence-corrected chi connectivity index (χ0v) is 10.0. The summed E-state index contributed by atoms with van der Waals surface area (Å²) in [5, 5.41) is 0. The monoisotopic (exact) mass is 230 g/mol. The summed E-state index contributed by atoms with van der Waals surface area (Å²) in [5.41, 5.74) is 7.46. The number of nitrogens with two attached hydrogens (primary N) is 1. The van der Waals surface area contributed by atoms with Gasteiger partial charge in [-0.2, -0.15) is 15.0 Å². The molecule has 0 atom stereocenters. The van der Waals surface area contributed by atoms with Gasteiger partial charge in [0.2, 0.25) is 11.9 Å². The Balaban J connectivity index is 2.52. The van der Waals surface area contributed by atoms with E-state index in [4.69, 9.17) is 5.73 Å². The number of rotatable bonds is 2. The number of nitrogen functional groups attached to an aromatic ring is 1. The number of hydrogen-bond acceptors (Lipinski definition) is 6. The zero-order valence-electron chi connectivity index (χ0n) is 10.0. The van der Waals surface area contributed by atoms with Gasteiger partial charge < -0.3 is 10.6 Å². The molecule has 2 aromatic heterocycles. The molecule has 2 aromatic rings. The van der Waals surface area contributed by atoms with E-state index >= 15 is 0 Å². The summed E-state index contributed by atoms with van der Waals surface area (Å²) in [6.07, 6.45) is 1.72. The van der Waals surface area contributed by atoms with E-state index in [2.05, 4.69) is 19.9 Å². The molecule has 6 heteroatoms. The molecule has 0 bridgehead atoms. The molecule has 0 fully saturated rings. The number of pyridine rings is 1. The van der Waals surface area contributed by atoms with Gasteiger partial charge in [-0.05, 0) is 19.1 Å². The number of hydrogen-bond donors (Lipinski definition) is 1. The van der Waals surface area contributed by atoms with Crippen molar-refractivity contribution in [2.45, 2.75) is 6.92 Å². The van der Waals surface area contributed by atoms with Crippen molar-refractivity contribution in [2.75, 3.05) is 24.7 Å². The second-order valence-corrected chi connectivity index (χ2v) is 3.90. The van der Waals surface area contributed by atoms with E-state index < -0.39 is 0 Å². The SMILES string of the molecule is Cc1cc(-c2nc(N)nc(N(C)C)n2)ccn1. The largest absolute Gasteiger partial charge is 0.368 e. The Morgan fingerprint density at radius 3 is 2.59 bits per heavy atom. The fourth-order valence-electron chi connectivity index (χ4n) is 1.39. The van der Waals surface area contributed by atoms with E-state index in [1.165, 1.54) is 0 Å². The molecule has 2 rings (SSSR count). The van der Waals surface area contributed by atoms with Crippen LogP contribution in [0.3, 0.4) is 0 Å². The molecular formula is C11H14N6.